The van der Waals surface area contributed by atoms with Crippen molar-refractivity contribution < 1.29 is 0 Å². The summed E-state index contributed by atoms with van der Waals surface area (Å²) >= 11 is 0. The van der Waals surface area contributed by atoms with E-state index in [0.717, 1.165) is 11.8 Å². The minimum absolute atomic E-state index is 0.528. The van der Waals surface area contributed by atoms with Crippen LogP contribution >= 0.6 is 0 Å². The summed E-state index contributed by atoms with van der Waals surface area (Å²) in [7, 11) is 0. The van der Waals surface area contributed by atoms with Gasteiger partial charge in [0.15, 0.2) is 0 Å². The van der Waals surface area contributed by atoms with E-state index in [2.05, 4.69) is 18.4 Å². The Morgan fingerprint density at radius 1 is 1.38 bits per heavy atom. The van der Waals surface area contributed by atoms with Crippen LogP contribution in [0.4, 0.5) is 0 Å². The largest absolute Gasteiger partial charge is 0.307 e. The van der Waals surface area contributed by atoms with E-state index in [4.69, 9.17) is 5.41 Å². The minimum Gasteiger partial charge on any atom is -0.307 e. The van der Waals surface area contributed by atoms with Gasteiger partial charge in [-0.05, 0) is 19.1 Å². The number of rotatable bonds is 1. The van der Waals surface area contributed by atoms with Crippen molar-refractivity contribution in [1.82, 2.24) is 0 Å². The molecule has 0 aromatic heterocycles. The van der Waals surface area contributed by atoms with Gasteiger partial charge in [0.25, 0.3) is 0 Å². The monoisotopic (exact) mass is 169 g/mol. The molecule has 0 aliphatic heterocycles. The van der Waals surface area contributed by atoms with Crippen LogP contribution in [0.15, 0.2) is 36.4 Å². The number of allylic oxidation sites excluding steroid dienone is 1. The minimum atomic E-state index is 0.528. The van der Waals surface area contributed by atoms with Crippen molar-refractivity contribution in [3.8, 4) is 11.8 Å². The highest BCUT2D eigenvalue weighted by molar-refractivity contribution is 5.81. The average molecular weight is 169 g/mol. The fourth-order valence-corrected chi connectivity index (χ4v) is 0.825. The van der Waals surface area contributed by atoms with Crippen LogP contribution in [0.25, 0.3) is 0 Å². The number of nitrogens with one attached hydrogen (secondary N) is 1. The zero-order valence-corrected chi connectivity index (χ0v) is 7.59. The molecule has 0 heterocycles. The summed E-state index contributed by atoms with van der Waals surface area (Å²) in [5.74, 6) is 5.70. The van der Waals surface area contributed by atoms with Gasteiger partial charge in [-0.2, -0.15) is 0 Å². The Kier molecular flexibility index (Phi) is 3.05. The summed E-state index contributed by atoms with van der Waals surface area (Å²) in [6, 6.07) is 7.94. The molecule has 0 atom stereocenters. The van der Waals surface area contributed by atoms with Crippen LogP contribution in [-0.4, -0.2) is 6.21 Å². The first kappa shape index (κ1) is 9.28. The highest BCUT2D eigenvalue weighted by Crippen LogP contribution is 2.00. The molecule has 0 bridgehead atoms. The molecule has 1 rings (SSSR count). The van der Waals surface area contributed by atoms with E-state index in [1.54, 1.807) is 0 Å². The lowest BCUT2D eigenvalue weighted by Crippen LogP contribution is -1.77. The predicted octanol–water partition coefficient (Wildman–Crippen LogP) is 2.55. The van der Waals surface area contributed by atoms with Crippen LogP contribution in [0, 0.1) is 24.2 Å². The molecule has 0 aliphatic carbocycles. The number of hydrogen-bond donors (Lipinski definition) is 1. The molecule has 1 nitrogen and oxygen atoms in total. The molecule has 13 heavy (non-hydrogen) atoms. The third kappa shape index (κ3) is 2.96. The maximum Gasteiger partial charge on any atom is 0.0353 e. The smallest absolute Gasteiger partial charge is 0.0353 e. The van der Waals surface area contributed by atoms with Crippen molar-refractivity contribution >= 4 is 6.21 Å². The Labute approximate surface area is 78.6 Å². The van der Waals surface area contributed by atoms with Gasteiger partial charge < -0.3 is 5.41 Å². The van der Waals surface area contributed by atoms with E-state index in [1.807, 2.05) is 31.2 Å². The van der Waals surface area contributed by atoms with Gasteiger partial charge in [0, 0.05) is 17.4 Å². The van der Waals surface area contributed by atoms with Crippen LogP contribution in [0.3, 0.4) is 0 Å². The van der Waals surface area contributed by atoms with Gasteiger partial charge in [-0.3, -0.25) is 0 Å². The molecule has 0 aliphatic rings. The highest BCUT2D eigenvalue weighted by atomic mass is 14.3. The number of benzene rings is 1. The van der Waals surface area contributed by atoms with Gasteiger partial charge in [-0.15, -0.1) is 0 Å². The standard InChI is InChI=1S/C12H11N/c1-10-3-6-12(7-4-10)8-5-11(2)9-13/h3-4,6-7,9,13H,2H2,1H3. The summed E-state index contributed by atoms with van der Waals surface area (Å²) in [6.07, 6.45) is 1.15. The fourth-order valence-electron chi connectivity index (χ4n) is 0.825. The van der Waals surface area contributed by atoms with Crippen LogP contribution in [0.5, 0.6) is 0 Å². The topological polar surface area (TPSA) is 23.9 Å². The van der Waals surface area contributed by atoms with Gasteiger partial charge in [0.2, 0.25) is 0 Å². The molecule has 0 saturated carbocycles. The second-order valence-electron chi connectivity index (χ2n) is 2.79. The highest BCUT2D eigenvalue weighted by Gasteiger charge is 1.85. The van der Waals surface area contributed by atoms with Gasteiger partial charge in [0.05, 0.1) is 0 Å². The fraction of sp³-hybridized carbons (Fsp3) is 0.0833. The number of aryl methyl sites for hydroxylation is 1. The summed E-state index contributed by atoms with van der Waals surface area (Å²) in [5.41, 5.74) is 2.70. The summed E-state index contributed by atoms with van der Waals surface area (Å²) in [4.78, 5) is 0. The van der Waals surface area contributed by atoms with E-state index in [1.165, 1.54) is 5.56 Å². The van der Waals surface area contributed by atoms with Crippen molar-refractivity contribution in [1.29, 1.82) is 5.41 Å². The van der Waals surface area contributed by atoms with E-state index < -0.39 is 0 Å². The summed E-state index contributed by atoms with van der Waals surface area (Å²) in [6.45, 7) is 5.62. The van der Waals surface area contributed by atoms with Crippen molar-refractivity contribution in [3.63, 3.8) is 0 Å². The van der Waals surface area contributed by atoms with E-state index in [0.29, 0.717) is 5.57 Å². The lowest BCUT2D eigenvalue weighted by Gasteiger charge is -1.91. The van der Waals surface area contributed by atoms with Gasteiger partial charge in [0.1, 0.15) is 0 Å². The maximum atomic E-state index is 6.88. The summed E-state index contributed by atoms with van der Waals surface area (Å²) < 4.78 is 0. The molecule has 0 spiro atoms. The Morgan fingerprint density at radius 3 is 2.54 bits per heavy atom. The Balaban J connectivity index is 2.84. The second kappa shape index (κ2) is 4.27. The van der Waals surface area contributed by atoms with Crippen LogP contribution in [0.2, 0.25) is 0 Å². The molecule has 0 saturated heterocycles. The zero-order valence-electron chi connectivity index (χ0n) is 7.59. The predicted molar refractivity (Wildman–Crippen MR) is 56.0 cm³/mol. The average Bonchev–Trinajstić information content (AvgIpc) is 2.16. The molecule has 1 heteroatoms. The molecule has 64 valence electrons. The van der Waals surface area contributed by atoms with Crippen molar-refractivity contribution in [2.45, 2.75) is 6.92 Å². The maximum absolute atomic E-state index is 6.88. The van der Waals surface area contributed by atoms with Crippen LogP contribution in [-0.2, 0) is 0 Å². The molecular formula is C12H11N. The number of hydrogen-bond acceptors (Lipinski definition) is 1. The van der Waals surface area contributed by atoms with E-state index in [9.17, 15) is 0 Å². The molecule has 0 amide bonds. The van der Waals surface area contributed by atoms with Crippen LogP contribution in [0.1, 0.15) is 11.1 Å². The molecule has 1 aromatic rings. The second-order valence-corrected chi connectivity index (χ2v) is 2.79. The van der Waals surface area contributed by atoms with E-state index in [-0.39, 0.29) is 0 Å². The van der Waals surface area contributed by atoms with Gasteiger partial charge >= 0.3 is 0 Å². The Bertz CT molecular complexity index is 374. The third-order valence-electron chi connectivity index (χ3n) is 1.59. The lowest BCUT2D eigenvalue weighted by molar-refractivity contribution is 1.46. The molecule has 1 N–H and O–H groups in total. The summed E-state index contributed by atoms with van der Waals surface area (Å²) in [5, 5.41) is 6.88. The molecule has 0 unspecified atom stereocenters. The molecular weight excluding hydrogens is 158 g/mol. The normalized spacial score (nSPS) is 8.38. The van der Waals surface area contributed by atoms with Crippen molar-refractivity contribution in [3.05, 3.63) is 47.5 Å². The molecule has 0 fully saturated rings. The van der Waals surface area contributed by atoms with Crippen LogP contribution < -0.4 is 0 Å². The first-order valence-corrected chi connectivity index (χ1v) is 4.00. The van der Waals surface area contributed by atoms with Crippen molar-refractivity contribution in [2.24, 2.45) is 0 Å². The van der Waals surface area contributed by atoms with E-state index >= 15 is 0 Å². The van der Waals surface area contributed by atoms with Gasteiger partial charge in [-0.1, -0.05) is 36.1 Å². The van der Waals surface area contributed by atoms with Gasteiger partial charge in [-0.25, -0.2) is 0 Å². The lowest BCUT2D eigenvalue weighted by atomic mass is 10.1. The molecule has 1 aromatic carbocycles. The zero-order chi connectivity index (χ0) is 9.68. The Hall–Kier alpha value is -1.81. The van der Waals surface area contributed by atoms with Crippen molar-refractivity contribution in [2.75, 3.05) is 0 Å². The third-order valence-corrected chi connectivity index (χ3v) is 1.59. The first-order valence-electron chi connectivity index (χ1n) is 4.00. The Morgan fingerprint density at radius 2 is 2.00 bits per heavy atom. The first-order chi connectivity index (χ1) is 6.22. The molecule has 0 radical (unpaired) electrons. The SMILES string of the molecule is C=C(C#Cc1ccc(C)cc1)C=N. The quantitative estimate of drug-likeness (QED) is 0.493.